The number of aromatic amines is 1. The van der Waals surface area contributed by atoms with Gasteiger partial charge >= 0.3 is 0 Å². The first-order valence-electron chi connectivity index (χ1n) is 9.36. The highest BCUT2D eigenvalue weighted by Gasteiger charge is 2.27. The number of carbonyl (C=O) groups is 1. The topological polar surface area (TPSA) is 87.7 Å². The molecule has 9 heteroatoms. The van der Waals surface area contributed by atoms with E-state index >= 15 is 0 Å². The molecule has 4 rings (SSSR count). The zero-order valence-electron chi connectivity index (χ0n) is 16.2. The number of hydrogen-bond acceptors (Lipinski definition) is 6. The second-order valence-electron chi connectivity index (χ2n) is 6.81. The summed E-state index contributed by atoms with van der Waals surface area (Å²) in [6.45, 7) is 0. The third kappa shape index (κ3) is 4.55. The van der Waals surface area contributed by atoms with Crippen molar-refractivity contribution >= 4 is 34.0 Å². The van der Waals surface area contributed by atoms with E-state index in [-0.39, 0.29) is 11.8 Å². The molecule has 2 aromatic heterocycles. The Kier molecular flexibility index (Phi) is 6.15. The molecular weight excluding hydrogens is 420 g/mol. The second-order valence-corrected chi connectivity index (χ2v) is 8.05. The van der Waals surface area contributed by atoms with Gasteiger partial charge in [0.05, 0.1) is 5.69 Å². The number of nitrogens with one attached hydrogen (secondary N) is 1. The molecule has 1 amide bonds. The molecule has 2 heterocycles. The first kappa shape index (κ1) is 20.2. The van der Waals surface area contributed by atoms with Crippen molar-refractivity contribution < 1.29 is 4.79 Å². The Hall–Kier alpha value is -3.10. The normalized spacial score (nSPS) is 11.9. The van der Waals surface area contributed by atoms with Crippen LogP contribution in [0.4, 0.5) is 5.13 Å². The molecule has 0 aliphatic rings. The number of anilines is 1. The highest BCUT2D eigenvalue weighted by Crippen LogP contribution is 2.32. The molecule has 0 aliphatic carbocycles. The molecule has 0 saturated carbocycles. The standard InChI is InChI=1S/C21H19ClN6OS/c1-28(21-23-18(13-30-21)16-9-5-6-10-17(16)22)20(29)15(12-19-24-26-27-25-19)11-14-7-3-2-4-8-14/h2-10,13,15H,11-12H2,1H3,(H,24,25,26,27). The van der Waals surface area contributed by atoms with Crippen LogP contribution in [0.1, 0.15) is 11.4 Å². The highest BCUT2D eigenvalue weighted by atomic mass is 35.5. The quantitative estimate of drug-likeness (QED) is 0.470. The van der Waals surface area contributed by atoms with Crippen LogP contribution in [-0.4, -0.2) is 38.6 Å². The van der Waals surface area contributed by atoms with Crippen LogP contribution in [0.3, 0.4) is 0 Å². The highest BCUT2D eigenvalue weighted by molar-refractivity contribution is 7.14. The minimum Gasteiger partial charge on any atom is -0.291 e. The van der Waals surface area contributed by atoms with Crippen molar-refractivity contribution in [3.8, 4) is 11.3 Å². The molecule has 0 saturated heterocycles. The van der Waals surface area contributed by atoms with Crippen LogP contribution in [0.15, 0.2) is 60.0 Å². The number of benzene rings is 2. The van der Waals surface area contributed by atoms with Gasteiger partial charge < -0.3 is 0 Å². The number of carbonyl (C=O) groups excluding carboxylic acids is 1. The van der Waals surface area contributed by atoms with Gasteiger partial charge in [0.2, 0.25) is 5.91 Å². The van der Waals surface area contributed by atoms with E-state index in [4.69, 9.17) is 11.6 Å². The number of thiazole rings is 1. The van der Waals surface area contributed by atoms with Crippen LogP contribution in [0.2, 0.25) is 5.02 Å². The van der Waals surface area contributed by atoms with E-state index in [0.29, 0.717) is 28.8 Å². The summed E-state index contributed by atoms with van der Waals surface area (Å²) in [6, 6.07) is 17.4. The van der Waals surface area contributed by atoms with E-state index in [1.807, 2.05) is 60.0 Å². The van der Waals surface area contributed by atoms with Gasteiger partial charge in [0, 0.05) is 35.4 Å². The number of aromatic nitrogens is 5. The Labute approximate surface area is 182 Å². The maximum Gasteiger partial charge on any atom is 0.232 e. The predicted molar refractivity (Wildman–Crippen MR) is 117 cm³/mol. The van der Waals surface area contributed by atoms with Crippen molar-refractivity contribution in [2.45, 2.75) is 12.8 Å². The van der Waals surface area contributed by atoms with E-state index in [1.54, 1.807) is 11.9 Å². The molecule has 1 atom stereocenters. The molecule has 7 nitrogen and oxygen atoms in total. The molecule has 1 N–H and O–H groups in total. The fourth-order valence-electron chi connectivity index (χ4n) is 3.21. The molecule has 2 aromatic carbocycles. The van der Waals surface area contributed by atoms with Crippen LogP contribution in [0, 0.1) is 5.92 Å². The number of nitrogens with zero attached hydrogens (tertiary/aromatic N) is 5. The van der Waals surface area contributed by atoms with Crippen LogP contribution < -0.4 is 4.90 Å². The summed E-state index contributed by atoms with van der Waals surface area (Å²) < 4.78 is 0. The number of amides is 1. The molecule has 0 radical (unpaired) electrons. The van der Waals surface area contributed by atoms with Crippen molar-refractivity contribution in [2.24, 2.45) is 5.92 Å². The van der Waals surface area contributed by atoms with E-state index in [1.165, 1.54) is 11.3 Å². The third-order valence-electron chi connectivity index (χ3n) is 4.75. The van der Waals surface area contributed by atoms with Crippen molar-refractivity contribution in [2.75, 3.05) is 11.9 Å². The first-order valence-corrected chi connectivity index (χ1v) is 10.6. The summed E-state index contributed by atoms with van der Waals surface area (Å²) >= 11 is 7.70. The lowest BCUT2D eigenvalue weighted by Gasteiger charge is -2.21. The minimum absolute atomic E-state index is 0.0521. The van der Waals surface area contributed by atoms with Gasteiger partial charge in [-0.25, -0.2) is 4.98 Å². The molecule has 1 unspecified atom stereocenters. The predicted octanol–water partition coefficient (Wildman–Crippen LogP) is 4.04. The number of H-pyrrole nitrogens is 1. The number of rotatable bonds is 7. The maximum absolute atomic E-state index is 13.4. The molecule has 4 aromatic rings. The van der Waals surface area contributed by atoms with Crippen LogP contribution in [0.5, 0.6) is 0 Å². The van der Waals surface area contributed by atoms with E-state index < -0.39 is 0 Å². The summed E-state index contributed by atoms with van der Waals surface area (Å²) in [7, 11) is 1.74. The minimum atomic E-state index is -0.345. The van der Waals surface area contributed by atoms with E-state index in [2.05, 4.69) is 25.6 Å². The SMILES string of the molecule is CN(C(=O)C(Cc1ccccc1)Cc1nn[nH]n1)c1nc(-c2ccccc2Cl)cs1. The average molecular weight is 439 g/mol. The summed E-state index contributed by atoms with van der Waals surface area (Å²) in [6.07, 6.45) is 0.957. The average Bonchev–Trinajstić information content (AvgIpc) is 3.46. The number of hydrogen-bond donors (Lipinski definition) is 1. The van der Waals surface area contributed by atoms with E-state index in [9.17, 15) is 4.79 Å². The molecule has 0 spiro atoms. The van der Waals surface area contributed by atoms with Gasteiger partial charge in [-0.15, -0.1) is 21.5 Å². The Morgan fingerprint density at radius 3 is 2.63 bits per heavy atom. The van der Waals surface area contributed by atoms with Gasteiger partial charge in [0.15, 0.2) is 11.0 Å². The molecule has 30 heavy (non-hydrogen) atoms. The monoisotopic (exact) mass is 438 g/mol. The van der Waals surface area contributed by atoms with E-state index in [0.717, 1.165) is 16.8 Å². The largest absolute Gasteiger partial charge is 0.291 e. The smallest absolute Gasteiger partial charge is 0.232 e. The Balaban J connectivity index is 1.57. The van der Waals surface area contributed by atoms with Gasteiger partial charge in [0.25, 0.3) is 0 Å². The second kappa shape index (κ2) is 9.15. The van der Waals surface area contributed by atoms with Gasteiger partial charge in [-0.1, -0.05) is 65.3 Å². The van der Waals surface area contributed by atoms with Gasteiger partial charge in [-0.2, -0.15) is 5.21 Å². The summed E-state index contributed by atoms with van der Waals surface area (Å²) in [5.74, 6) is 0.111. The van der Waals surface area contributed by atoms with Crippen molar-refractivity contribution in [1.29, 1.82) is 0 Å². The fourth-order valence-corrected chi connectivity index (χ4v) is 4.24. The Bertz CT molecular complexity index is 1120. The molecular formula is C21H19ClN6OS. The first-order chi connectivity index (χ1) is 14.6. The zero-order chi connectivity index (χ0) is 20.9. The van der Waals surface area contributed by atoms with Crippen LogP contribution >= 0.6 is 22.9 Å². The third-order valence-corrected chi connectivity index (χ3v) is 6.00. The molecule has 0 fully saturated rings. The molecule has 152 valence electrons. The van der Waals surface area contributed by atoms with Gasteiger partial charge in [-0.3, -0.25) is 9.69 Å². The van der Waals surface area contributed by atoms with Crippen molar-refractivity contribution in [1.82, 2.24) is 25.6 Å². The Morgan fingerprint density at radius 2 is 1.90 bits per heavy atom. The lowest BCUT2D eigenvalue weighted by atomic mass is 9.94. The molecule has 0 bridgehead atoms. The number of tetrazole rings is 1. The fraction of sp³-hybridized carbons (Fsp3) is 0.190. The Morgan fingerprint density at radius 1 is 1.13 bits per heavy atom. The van der Waals surface area contributed by atoms with Crippen molar-refractivity contribution in [3.05, 3.63) is 76.4 Å². The lowest BCUT2D eigenvalue weighted by molar-refractivity contribution is -0.122. The number of halogens is 1. The van der Waals surface area contributed by atoms with Crippen LogP contribution in [-0.2, 0) is 17.6 Å². The summed E-state index contributed by atoms with van der Waals surface area (Å²) in [5, 5.41) is 17.2. The van der Waals surface area contributed by atoms with Crippen LogP contribution in [0.25, 0.3) is 11.3 Å². The van der Waals surface area contributed by atoms with Gasteiger partial charge in [0.1, 0.15) is 0 Å². The maximum atomic E-state index is 13.4. The van der Waals surface area contributed by atoms with Crippen molar-refractivity contribution in [3.63, 3.8) is 0 Å². The molecule has 0 aliphatic heterocycles. The lowest BCUT2D eigenvalue weighted by Crippen LogP contribution is -2.35. The summed E-state index contributed by atoms with van der Waals surface area (Å²) in [5.41, 5.74) is 2.66. The zero-order valence-corrected chi connectivity index (χ0v) is 17.8. The van der Waals surface area contributed by atoms with Gasteiger partial charge in [-0.05, 0) is 18.1 Å². The summed E-state index contributed by atoms with van der Waals surface area (Å²) in [4.78, 5) is 19.6.